The van der Waals surface area contributed by atoms with Gasteiger partial charge in [0.15, 0.2) is 0 Å². The molecule has 0 saturated carbocycles. The zero-order valence-corrected chi connectivity index (χ0v) is 12.0. The van der Waals surface area contributed by atoms with Gasteiger partial charge in [0.1, 0.15) is 0 Å². The zero-order chi connectivity index (χ0) is 12.1. The molecule has 0 nitrogen and oxygen atoms in total. The Bertz CT molecular complexity index is 115. The van der Waals surface area contributed by atoms with Crippen molar-refractivity contribution >= 4 is 0 Å². The standard InChI is InChI=1S/C16H33/c1-4-5-6-7-8-9-10-11-12-13-14-15-16(2)3/h4-15H2,1-3H3. The van der Waals surface area contributed by atoms with Crippen molar-refractivity contribution in [1.29, 1.82) is 0 Å². The van der Waals surface area contributed by atoms with Crippen molar-refractivity contribution in [2.75, 3.05) is 0 Å². The first kappa shape index (κ1) is 16.0. The molecule has 0 aromatic rings. The fourth-order valence-corrected chi connectivity index (χ4v) is 2.14. The van der Waals surface area contributed by atoms with E-state index < -0.39 is 0 Å². The van der Waals surface area contributed by atoms with Gasteiger partial charge in [0.05, 0.1) is 0 Å². The van der Waals surface area contributed by atoms with E-state index in [0.717, 1.165) is 0 Å². The van der Waals surface area contributed by atoms with Crippen LogP contribution in [-0.2, 0) is 0 Å². The van der Waals surface area contributed by atoms with Crippen LogP contribution >= 0.6 is 0 Å². The summed E-state index contributed by atoms with van der Waals surface area (Å²) < 4.78 is 0. The number of rotatable bonds is 12. The van der Waals surface area contributed by atoms with Crippen molar-refractivity contribution in [3.8, 4) is 0 Å². The molecule has 0 aliphatic carbocycles. The molecule has 0 aromatic heterocycles. The molecule has 16 heavy (non-hydrogen) atoms. The summed E-state index contributed by atoms with van der Waals surface area (Å²) in [4.78, 5) is 0. The average Bonchev–Trinajstić information content (AvgIpc) is 2.25. The molecule has 0 saturated heterocycles. The summed E-state index contributed by atoms with van der Waals surface area (Å²) in [5, 5.41) is 0. The van der Waals surface area contributed by atoms with Crippen molar-refractivity contribution in [2.45, 2.75) is 97.8 Å². The Morgan fingerprint density at radius 3 is 1.31 bits per heavy atom. The monoisotopic (exact) mass is 225 g/mol. The Morgan fingerprint density at radius 2 is 0.938 bits per heavy atom. The normalized spacial score (nSPS) is 11.2. The van der Waals surface area contributed by atoms with Gasteiger partial charge in [-0.2, -0.15) is 0 Å². The molecule has 0 spiro atoms. The first-order chi connectivity index (χ1) is 7.77. The van der Waals surface area contributed by atoms with Gasteiger partial charge in [-0.25, -0.2) is 0 Å². The molecule has 0 aliphatic rings. The van der Waals surface area contributed by atoms with Crippen molar-refractivity contribution in [1.82, 2.24) is 0 Å². The Labute approximate surface area is 104 Å². The van der Waals surface area contributed by atoms with Crippen LogP contribution in [0.5, 0.6) is 0 Å². The lowest BCUT2D eigenvalue weighted by atomic mass is 10.0. The maximum Gasteiger partial charge on any atom is -0.0303 e. The Morgan fingerprint density at radius 1 is 0.562 bits per heavy atom. The molecule has 0 heterocycles. The van der Waals surface area contributed by atoms with E-state index in [1.807, 2.05) is 0 Å². The average molecular weight is 225 g/mol. The molecule has 0 atom stereocenters. The minimum absolute atomic E-state index is 1.34. The van der Waals surface area contributed by atoms with Crippen LogP contribution in [0.2, 0.25) is 0 Å². The minimum atomic E-state index is 1.34. The summed E-state index contributed by atoms with van der Waals surface area (Å²) in [6.07, 6.45) is 17.3. The predicted molar refractivity (Wildman–Crippen MR) is 75.7 cm³/mol. The fourth-order valence-electron chi connectivity index (χ4n) is 2.14. The van der Waals surface area contributed by atoms with Crippen LogP contribution in [0, 0.1) is 5.92 Å². The minimum Gasteiger partial charge on any atom is -0.0654 e. The molecule has 0 rings (SSSR count). The second-order valence-corrected chi connectivity index (χ2v) is 5.49. The predicted octanol–water partition coefficient (Wildman–Crippen LogP) is 6.30. The largest absolute Gasteiger partial charge is 0.0654 e. The number of hydrogen-bond donors (Lipinski definition) is 0. The summed E-state index contributed by atoms with van der Waals surface area (Å²) in [6.45, 7) is 6.78. The van der Waals surface area contributed by atoms with Gasteiger partial charge in [-0.05, 0) is 12.3 Å². The van der Waals surface area contributed by atoms with Gasteiger partial charge in [-0.15, -0.1) is 0 Å². The van der Waals surface area contributed by atoms with Crippen LogP contribution in [-0.4, -0.2) is 0 Å². The third-order valence-corrected chi connectivity index (χ3v) is 3.28. The van der Waals surface area contributed by atoms with Crippen molar-refractivity contribution in [2.24, 2.45) is 0 Å². The number of unbranched alkanes of at least 4 members (excludes halogenated alkanes) is 10. The van der Waals surface area contributed by atoms with E-state index in [2.05, 4.69) is 20.8 Å². The summed E-state index contributed by atoms with van der Waals surface area (Å²) in [5.41, 5.74) is 0. The second-order valence-electron chi connectivity index (χ2n) is 5.49. The summed E-state index contributed by atoms with van der Waals surface area (Å²) in [5.74, 6) is 1.59. The molecule has 97 valence electrons. The second kappa shape index (κ2) is 13.1. The van der Waals surface area contributed by atoms with Gasteiger partial charge in [0, 0.05) is 0 Å². The van der Waals surface area contributed by atoms with E-state index in [1.165, 1.54) is 77.0 Å². The van der Waals surface area contributed by atoms with E-state index in [4.69, 9.17) is 0 Å². The Kier molecular flexibility index (Phi) is 13.1. The van der Waals surface area contributed by atoms with Crippen LogP contribution in [0.25, 0.3) is 0 Å². The topological polar surface area (TPSA) is 0 Å². The van der Waals surface area contributed by atoms with Gasteiger partial charge < -0.3 is 0 Å². The number of hydrogen-bond acceptors (Lipinski definition) is 0. The maximum absolute atomic E-state index is 2.29. The lowest BCUT2D eigenvalue weighted by molar-refractivity contribution is 0.546. The van der Waals surface area contributed by atoms with E-state index in [9.17, 15) is 0 Å². The molecule has 0 aliphatic heterocycles. The molecule has 0 fully saturated rings. The van der Waals surface area contributed by atoms with E-state index >= 15 is 0 Å². The first-order valence-electron chi connectivity index (χ1n) is 7.56. The highest BCUT2D eigenvalue weighted by atomic mass is 14.0. The SMILES string of the molecule is CCCCCCCCCCCCC[C](C)C. The fraction of sp³-hybridized carbons (Fsp3) is 0.938. The molecule has 0 aromatic carbocycles. The smallest absolute Gasteiger partial charge is 0.0303 e. The van der Waals surface area contributed by atoms with Crippen molar-refractivity contribution < 1.29 is 0 Å². The van der Waals surface area contributed by atoms with Crippen LogP contribution in [0.4, 0.5) is 0 Å². The first-order valence-corrected chi connectivity index (χ1v) is 7.56. The highest BCUT2D eigenvalue weighted by molar-refractivity contribution is 4.75. The zero-order valence-electron chi connectivity index (χ0n) is 12.0. The maximum atomic E-state index is 2.29. The molecule has 0 N–H and O–H groups in total. The third kappa shape index (κ3) is 14.0. The van der Waals surface area contributed by atoms with Gasteiger partial charge in [-0.3, -0.25) is 0 Å². The van der Waals surface area contributed by atoms with Crippen LogP contribution in [0.1, 0.15) is 97.8 Å². The highest BCUT2D eigenvalue weighted by Crippen LogP contribution is 2.14. The summed E-state index contributed by atoms with van der Waals surface area (Å²) in [7, 11) is 0. The summed E-state index contributed by atoms with van der Waals surface area (Å²) >= 11 is 0. The summed E-state index contributed by atoms with van der Waals surface area (Å²) in [6, 6.07) is 0. The van der Waals surface area contributed by atoms with E-state index in [0.29, 0.717) is 0 Å². The van der Waals surface area contributed by atoms with Crippen molar-refractivity contribution in [3.63, 3.8) is 0 Å². The highest BCUT2D eigenvalue weighted by Gasteiger charge is 1.95. The molecule has 1 radical (unpaired) electrons. The third-order valence-electron chi connectivity index (χ3n) is 3.28. The van der Waals surface area contributed by atoms with Gasteiger partial charge in [0.25, 0.3) is 0 Å². The van der Waals surface area contributed by atoms with Gasteiger partial charge in [-0.1, -0.05) is 91.4 Å². The molecular weight excluding hydrogens is 192 g/mol. The van der Waals surface area contributed by atoms with Crippen LogP contribution < -0.4 is 0 Å². The van der Waals surface area contributed by atoms with Crippen LogP contribution in [0.15, 0.2) is 0 Å². The van der Waals surface area contributed by atoms with E-state index in [1.54, 1.807) is 5.92 Å². The molecule has 0 heteroatoms. The van der Waals surface area contributed by atoms with Gasteiger partial charge in [0.2, 0.25) is 0 Å². The Balaban J connectivity index is 2.88. The lowest BCUT2D eigenvalue weighted by Crippen LogP contribution is -1.85. The molecule has 0 amide bonds. The Hall–Kier alpha value is 0. The van der Waals surface area contributed by atoms with Crippen LogP contribution in [0.3, 0.4) is 0 Å². The lowest BCUT2D eigenvalue weighted by Gasteiger charge is -2.04. The quantitative estimate of drug-likeness (QED) is 0.342. The van der Waals surface area contributed by atoms with Crippen molar-refractivity contribution in [3.05, 3.63) is 5.92 Å². The van der Waals surface area contributed by atoms with Gasteiger partial charge >= 0.3 is 0 Å². The molecule has 0 bridgehead atoms. The molecule has 0 unspecified atom stereocenters. The molecular formula is C16H33. The van der Waals surface area contributed by atoms with E-state index in [-0.39, 0.29) is 0 Å².